The highest BCUT2D eigenvalue weighted by Crippen LogP contribution is 2.46. The van der Waals surface area contributed by atoms with Crippen LogP contribution in [-0.2, 0) is 0 Å². The fourth-order valence-corrected chi connectivity index (χ4v) is 3.38. The van der Waals surface area contributed by atoms with Crippen LogP contribution in [0, 0.1) is 0 Å². The van der Waals surface area contributed by atoms with Crippen LogP contribution in [0.15, 0.2) is 29.2 Å². The molecule has 1 nitrogen and oxygen atoms in total. The third-order valence-corrected chi connectivity index (χ3v) is 4.14. The van der Waals surface area contributed by atoms with E-state index in [1.54, 1.807) is 0 Å². The zero-order chi connectivity index (χ0) is 12.0. The molecule has 2 heteroatoms. The summed E-state index contributed by atoms with van der Waals surface area (Å²) in [4.78, 5) is 3.94. The van der Waals surface area contributed by atoms with Crippen LogP contribution in [0.3, 0.4) is 0 Å². The lowest BCUT2D eigenvalue weighted by Crippen LogP contribution is -2.50. The molecule has 1 aliphatic rings. The maximum absolute atomic E-state index is 2.53. The predicted octanol–water partition coefficient (Wildman–Crippen LogP) is 4.18. The average Bonchev–Trinajstić information content (AvgIpc) is 2.13. The summed E-state index contributed by atoms with van der Waals surface area (Å²) in [6.07, 6.45) is 0. The Hall–Kier alpha value is -0.630. The first-order valence-corrected chi connectivity index (χ1v) is 6.67. The third-order valence-electron chi connectivity index (χ3n) is 2.89. The highest BCUT2D eigenvalue weighted by molar-refractivity contribution is 8.00. The van der Waals surface area contributed by atoms with E-state index in [1.165, 1.54) is 10.6 Å². The summed E-state index contributed by atoms with van der Waals surface area (Å²) in [5.41, 5.74) is 1.58. The lowest BCUT2D eigenvalue weighted by Gasteiger charge is -2.47. The lowest BCUT2D eigenvalue weighted by atomic mass is 10.0. The van der Waals surface area contributed by atoms with Gasteiger partial charge in [0.2, 0.25) is 0 Å². The number of para-hydroxylation sites is 1. The van der Waals surface area contributed by atoms with E-state index < -0.39 is 0 Å². The van der Waals surface area contributed by atoms with E-state index in [0.29, 0.717) is 4.75 Å². The Morgan fingerprint density at radius 3 is 2.44 bits per heavy atom. The number of anilines is 1. The van der Waals surface area contributed by atoms with Crippen molar-refractivity contribution in [2.45, 2.75) is 49.8 Å². The van der Waals surface area contributed by atoms with Gasteiger partial charge in [-0.25, -0.2) is 0 Å². The molecule has 0 aliphatic carbocycles. The van der Waals surface area contributed by atoms with Crippen LogP contribution in [-0.4, -0.2) is 16.8 Å². The Bertz CT molecular complexity index is 390. The molecule has 0 amide bonds. The molecule has 16 heavy (non-hydrogen) atoms. The summed E-state index contributed by atoms with van der Waals surface area (Å²) in [5.74, 6) is 0. The first kappa shape index (κ1) is 11.8. The zero-order valence-electron chi connectivity index (χ0n) is 10.9. The molecule has 0 aromatic heterocycles. The monoisotopic (exact) mass is 235 g/mol. The van der Waals surface area contributed by atoms with Gasteiger partial charge in [0.05, 0.1) is 5.69 Å². The van der Waals surface area contributed by atoms with E-state index in [9.17, 15) is 0 Å². The van der Waals surface area contributed by atoms with Crippen LogP contribution < -0.4 is 4.90 Å². The lowest BCUT2D eigenvalue weighted by molar-refractivity contribution is 0.470. The van der Waals surface area contributed by atoms with Crippen molar-refractivity contribution in [3.05, 3.63) is 24.3 Å². The van der Waals surface area contributed by atoms with Crippen molar-refractivity contribution in [1.82, 2.24) is 0 Å². The van der Waals surface area contributed by atoms with E-state index in [4.69, 9.17) is 0 Å². The van der Waals surface area contributed by atoms with Gasteiger partial charge >= 0.3 is 0 Å². The zero-order valence-corrected chi connectivity index (χ0v) is 11.7. The van der Waals surface area contributed by atoms with Crippen molar-refractivity contribution in [1.29, 1.82) is 0 Å². The van der Waals surface area contributed by atoms with Crippen LogP contribution in [0.2, 0.25) is 0 Å². The summed E-state index contributed by atoms with van der Waals surface area (Å²) in [6.45, 7) is 12.6. The molecule has 0 saturated heterocycles. The van der Waals surface area contributed by atoms with Gasteiger partial charge in [0.1, 0.15) is 0 Å². The van der Waals surface area contributed by atoms with E-state index in [-0.39, 0.29) is 5.54 Å². The maximum Gasteiger partial charge on any atom is 0.0509 e. The van der Waals surface area contributed by atoms with Crippen molar-refractivity contribution in [2.75, 3.05) is 11.4 Å². The fraction of sp³-hybridized carbons (Fsp3) is 0.571. The van der Waals surface area contributed by atoms with Gasteiger partial charge < -0.3 is 4.90 Å². The predicted molar refractivity (Wildman–Crippen MR) is 73.5 cm³/mol. The molecule has 88 valence electrons. The summed E-state index contributed by atoms with van der Waals surface area (Å²) in [7, 11) is 0. The van der Waals surface area contributed by atoms with Gasteiger partial charge in [-0.1, -0.05) is 12.1 Å². The van der Waals surface area contributed by atoms with E-state index >= 15 is 0 Å². The van der Waals surface area contributed by atoms with Gasteiger partial charge in [-0.15, -0.1) is 11.8 Å². The SMILES string of the molecule is CC1(C)CN(C(C)(C)C)c2ccccc2S1. The molecule has 0 atom stereocenters. The van der Waals surface area contributed by atoms with Gasteiger partial charge in [0, 0.05) is 21.7 Å². The summed E-state index contributed by atoms with van der Waals surface area (Å²) in [6, 6.07) is 8.74. The van der Waals surface area contributed by atoms with Crippen molar-refractivity contribution in [3.8, 4) is 0 Å². The second-order valence-corrected chi connectivity index (χ2v) is 7.84. The molecule has 0 fully saturated rings. The van der Waals surface area contributed by atoms with Crippen LogP contribution in [0.25, 0.3) is 0 Å². The Morgan fingerprint density at radius 1 is 1.19 bits per heavy atom. The third kappa shape index (κ3) is 2.22. The highest BCUT2D eigenvalue weighted by atomic mass is 32.2. The minimum absolute atomic E-state index is 0.189. The van der Waals surface area contributed by atoms with E-state index in [0.717, 1.165) is 6.54 Å². The summed E-state index contributed by atoms with van der Waals surface area (Å²) < 4.78 is 0.293. The average molecular weight is 235 g/mol. The molecule has 0 spiro atoms. The molecule has 0 radical (unpaired) electrons. The number of rotatable bonds is 0. The minimum atomic E-state index is 0.189. The molecule has 2 rings (SSSR count). The van der Waals surface area contributed by atoms with Crippen molar-refractivity contribution >= 4 is 17.4 Å². The number of thioether (sulfide) groups is 1. The normalized spacial score (nSPS) is 19.4. The second kappa shape index (κ2) is 3.69. The number of benzene rings is 1. The molecule has 0 bridgehead atoms. The van der Waals surface area contributed by atoms with Crippen molar-refractivity contribution in [3.63, 3.8) is 0 Å². The minimum Gasteiger partial charge on any atom is -0.364 e. The van der Waals surface area contributed by atoms with E-state index in [2.05, 4.69) is 63.8 Å². The molecule has 1 aliphatic heterocycles. The van der Waals surface area contributed by atoms with Gasteiger partial charge in [0.25, 0.3) is 0 Å². The smallest absolute Gasteiger partial charge is 0.0509 e. The van der Waals surface area contributed by atoms with Gasteiger partial charge in [-0.3, -0.25) is 0 Å². The Balaban J connectivity index is 2.48. The Kier molecular flexibility index (Phi) is 2.73. The number of hydrogen-bond acceptors (Lipinski definition) is 2. The first-order chi connectivity index (χ1) is 7.30. The Morgan fingerprint density at radius 2 is 1.81 bits per heavy atom. The van der Waals surface area contributed by atoms with Gasteiger partial charge in [-0.2, -0.15) is 0 Å². The van der Waals surface area contributed by atoms with Crippen LogP contribution >= 0.6 is 11.8 Å². The van der Waals surface area contributed by atoms with Crippen LogP contribution in [0.4, 0.5) is 5.69 Å². The van der Waals surface area contributed by atoms with Crippen molar-refractivity contribution in [2.24, 2.45) is 0 Å². The first-order valence-electron chi connectivity index (χ1n) is 5.85. The second-order valence-electron chi connectivity index (χ2n) is 6.09. The standard InChI is InChI=1S/C14H21NS/c1-13(2,3)15-10-14(4,5)16-12-9-7-6-8-11(12)15/h6-9H,10H2,1-5H3. The van der Waals surface area contributed by atoms with Crippen molar-refractivity contribution < 1.29 is 0 Å². The van der Waals surface area contributed by atoms with Gasteiger partial charge in [-0.05, 0) is 46.8 Å². The topological polar surface area (TPSA) is 3.24 Å². The Labute approximate surface area is 103 Å². The highest BCUT2D eigenvalue weighted by Gasteiger charge is 2.35. The maximum atomic E-state index is 2.53. The number of nitrogens with zero attached hydrogens (tertiary/aromatic N) is 1. The van der Waals surface area contributed by atoms with E-state index in [1.807, 2.05) is 11.8 Å². The number of fused-ring (bicyclic) bond motifs is 1. The molecule has 0 unspecified atom stereocenters. The largest absolute Gasteiger partial charge is 0.364 e. The van der Waals surface area contributed by atoms with Crippen LogP contribution in [0.1, 0.15) is 34.6 Å². The van der Waals surface area contributed by atoms with Crippen LogP contribution in [0.5, 0.6) is 0 Å². The fourth-order valence-electron chi connectivity index (χ4n) is 2.16. The quantitative estimate of drug-likeness (QED) is 0.664. The van der Waals surface area contributed by atoms with Gasteiger partial charge in [0.15, 0.2) is 0 Å². The molecule has 1 aromatic carbocycles. The summed E-state index contributed by atoms with van der Waals surface area (Å²) in [5, 5.41) is 0. The molecule has 0 saturated carbocycles. The molecular weight excluding hydrogens is 214 g/mol. The molecule has 1 aromatic rings. The molecule has 0 N–H and O–H groups in total. The number of hydrogen-bond donors (Lipinski definition) is 0. The molecular formula is C14H21NS. The summed E-state index contributed by atoms with van der Waals surface area (Å²) >= 11 is 1.99. The molecule has 1 heterocycles.